The van der Waals surface area contributed by atoms with Gasteiger partial charge in [-0.3, -0.25) is 0 Å². The lowest BCUT2D eigenvalue weighted by Crippen LogP contribution is -1.97. The third kappa shape index (κ3) is 1.51. The van der Waals surface area contributed by atoms with E-state index in [0.717, 1.165) is 13.2 Å². The quantitative estimate of drug-likeness (QED) is 0.616. The van der Waals surface area contributed by atoms with Crippen LogP contribution in [-0.4, -0.2) is 13.2 Å². The van der Waals surface area contributed by atoms with Crippen LogP contribution in [0, 0.1) is 6.92 Å². The fourth-order valence-electron chi connectivity index (χ4n) is 1.72. The maximum Gasteiger partial charge on any atom is 0.0535 e. The Morgan fingerprint density at radius 3 is 3.00 bits per heavy atom. The van der Waals surface area contributed by atoms with Gasteiger partial charge in [0.2, 0.25) is 0 Å². The Balaban J connectivity index is 2.21. The monoisotopic (exact) mass is 162 g/mol. The Bertz CT molecular complexity index is 261. The summed E-state index contributed by atoms with van der Waals surface area (Å²) in [5, 5.41) is 0. The smallest absolute Gasteiger partial charge is 0.0535 e. The third-order valence-electron chi connectivity index (χ3n) is 2.44. The van der Waals surface area contributed by atoms with Gasteiger partial charge >= 0.3 is 0 Å². The first-order valence-electron chi connectivity index (χ1n) is 4.50. The van der Waals surface area contributed by atoms with Gasteiger partial charge in [0.15, 0.2) is 0 Å². The van der Waals surface area contributed by atoms with Crippen molar-refractivity contribution in [1.82, 2.24) is 0 Å². The summed E-state index contributed by atoms with van der Waals surface area (Å²) < 4.78 is 5.35. The lowest BCUT2D eigenvalue weighted by Gasteiger charge is -2.07. The zero-order valence-electron chi connectivity index (χ0n) is 7.42. The molecule has 1 atom stereocenters. The molecule has 0 N–H and O–H groups in total. The fraction of sp³-hybridized carbons (Fsp3) is 0.455. The summed E-state index contributed by atoms with van der Waals surface area (Å²) in [5.41, 5.74) is 2.78. The van der Waals surface area contributed by atoms with Crippen molar-refractivity contribution in [3.63, 3.8) is 0 Å². The highest BCUT2D eigenvalue weighted by molar-refractivity contribution is 5.25. The first kappa shape index (κ1) is 7.81. The van der Waals surface area contributed by atoms with Crippen LogP contribution < -0.4 is 0 Å². The van der Waals surface area contributed by atoms with Crippen LogP contribution in [0.25, 0.3) is 0 Å². The summed E-state index contributed by atoms with van der Waals surface area (Å²) in [6, 6.07) is 8.73. The van der Waals surface area contributed by atoms with E-state index in [2.05, 4.69) is 31.2 Å². The molecular formula is C11H14O. The van der Waals surface area contributed by atoms with E-state index >= 15 is 0 Å². The summed E-state index contributed by atoms with van der Waals surface area (Å²) in [4.78, 5) is 0. The van der Waals surface area contributed by atoms with Crippen molar-refractivity contribution in [2.45, 2.75) is 19.3 Å². The lowest BCUT2D eigenvalue weighted by molar-refractivity contribution is 0.194. The molecule has 0 bridgehead atoms. The van der Waals surface area contributed by atoms with Crippen LogP contribution in [0.15, 0.2) is 24.3 Å². The molecular weight excluding hydrogens is 148 g/mol. The average Bonchev–Trinajstić information content (AvgIpc) is 2.56. The minimum Gasteiger partial charge on any atom is -0.381 e. The molecule has 0 radical (unpaired) electrons. The Kier molecular flexibility index (Phi) is 2.13. The molecule has 1 aliphatic rings. The SMILES string of the molecule is Cc1cccc([C@H]2CCOC2)c1. The summed E-state index contributed by atoms with van der Waals surface area (Å²) >= 11 is 0. The second-order valence-corrected chi connectivity index (χ2v) is 3.47. The Labute approximate surface area is 73.4 Å². The van der Waals surface area contributed by atoms with Crippen molar-refractivity contribution in [2.24, 2.45) is 0 Å². The molecule has 1 aromatic carbocycles. The standard InChI is InChI=1S/C11H14O/c1-9-3-2-4-10(7-9)11-5-6-12-8-11/h2-4,7,11H,5-6,8H2,1H3/t11-/m0/s1. The highest BCUT2D eigenvalue weighted by atomic mass is 16.5. The second-order valence-electron chi connectivity index (χ2n) is 3.47. The molecule has 1 heteroatoms. The molecule has 1 aromatic rings. The minimum atomic E-state index is 0.643. The second kappa shape index (κ2) is 3.28. The van der Waals surface area contributed by atoms with Gasteiger partial charge in [0.05, 0.1) is 6.61 Å². The maximum absolute atomic E-state index is 5.35. The fourth-order valence-corrected chi connectivity index (χ4v) is 1.72. The summed E-state index contributed by atoms with van der Waals surface area (Å²) in [6.45, 7) is 3.97. The van der Waals surface area contributed by atoms with E-state index in [1.54, 1.807) is 0 Å². The molecule has 0 unspecified atom stereocenters. The normalized spacial score (nSPS) is 22.9. The molecule has 2 rings (SSSR count). The van der Waals surface area contributed by atoms with Crippen molar-refractivity contribution < 1.29 is 4.74 Å². The Morgan fingerprint density at radius 1 is 1.42 bits per heavy atom. The number of hydrogen-bond acceptors (Lipinski definition) is 1. The zero-order chi connectivity index (χ0) is 8.39. The topological polar surface area (TPSA) is 9.23 Å². The Morgan fingerprint density at radius 2 is 2.33 bits per heavy atom. The molecule has 1 heterocycles. The largest absolute Gasteiger partial charge is 0.381 e. The molecule has 64 valence electrons. The van der Waals surface area contributed by atoms with Gasteiger partial charge in [-0.15, -0.1) is 0 Å². The van der Waals surface area contributed by atoms with Crippen LogP contribution in [0.5, 0.6) is 0 Å². The molecule has 0 aliphatic carbocycles. The van der Waals surface area contributed by atoms with Crippen LogP contribution in [0.4, 0.5) is 0 Å². The predicted molar refractivity (Wildman–Crippen MR) is 49.4 cm³/mol. The third-order valence-corrected chi connectivity index (χ3v) is 2.44. The molecule has 12 heavy (non-hydrogen) atoms. The van der Waals surface area contributed by atoms with Crippen molar-refractivity contribution in [1.29, 1.82) is 0 Å². The summed E-state index contributed by atoms with van der Waals surface area (Å²) in [6.07, 6.45) is 1.18. The van der Waals surface area contributed by atoms with E-state index < -0.39 is 0 Å². The van der Waals surface area contributed by atoms with Crippen LogP contribution >= 0.6 is 0 Å². The van der Waals surface area contributed by atoms with Gasteiger partial charge in [0.25, 0.3) is 0 Å². The molecule has 1 nitrogen and oxygen atoms in total. The predicted octanol–water partition coefficient (Wildman–Crippen LogP) is 2.50. The van der Waals surface area contributed by atoms with E-state index in [9.17, 15) is 0 Å². The van der Waals surface area contributed by atoms with E-state index in [1.165, 1.54) is 17.5 Å². The molecule has 0 amide bonds. The number of hydrogen-bond donors (Lipinski definition) is 0. The number of benzene rings is 1. The van der Waals surface area contributed by atoms with Crippen LogP contribution in [0.2, 0.25) is 0 Å². The van der Waals surface area contributed by atoms with E-state index in [1.807, 2.05) is 0 Å². The number of rotatable bonds is 1. The van der Waals surface area contributed by atoms with Gasteiger partial charge in [-0.25, -0.2) is 0 Å². The number of ether oxygens (including phenoxy) is 1. The van der Waals surface area contributed by atoms with Gasteiger partial charge in [-0.05, 0) is 18.9 Å². The molecule has 1 aliphatic heterocycles. The number of aryl methyl sites for hydroxylation is 1. The maximum atomic E-state index is 5.35. The first-order valence-corrected chi connectivity index (χ1v) is 4.50. The highest BCUT2D eigenvalue weighted by Crippen LogP contribution is 2.25. The van der Waals surface area contributed by atoms with Gasteiger partial charge in [-0.1, -0.05) is 29.8 Å². The van der Waals surface area contributed by atoms with E-state index in [-0.39, 0.29) is 0 Å². The van der Waals surface area contributed by atoms with Crippen LogP contribution in [0.3, 0.4) is 0 Å². The van der Waals surface area contributed by atoms with Crippen molar-refractivity contribution >= 4 is 0 Å². The van der Waals surface area contributed by atoms with Crippen molar-refractivity contribution in [3.8, 4) is 0 Å². The zero-order valence-corrected chi connectivity index (χ0v) is 7.42. The molecule has 0 saturated carbocycles. The molecule has 0 aromatic heterocycles. The van der Waals surface area contributed by atoms with Gasteiger partial charge in [0, 0.05) is 12.5 Å². The van der Waals surface area contributed by atoms with Gasteiger partial charge < -0.3 is 4.74 Å². The van der Waals surface area contributed by atoms with E-state index in [0.29, 0.717) is 5.92 Å². The highest BCUT2D eigenvalue weighted by Gasteiger charge is 2.16. The van der Waals surface area contributed by atoms with Crippen molar-refractivity contribution in [3.05, 3.63) is 35.4 Å². The minimum absolute atomic E-state index is 0.643. The Hall–Kier alpha value is -0.820. The summed E-state index contributed by atoms with van der Waals surface area (Å²) in [5.74, 6) is 0.643. The van der Waals surface area contributed by atoms with Crippen LogP contribution in [0.1, 0.15) is 23.5 Å². The van der Waals surface area contributed by atoms with Gasteiger partial charge in [-0.2, -0.15) is 0 Å². The van der Waals surface area contributed by atoms with Gasteiger partial charge in [0.1, 0.15) is 0 Å². The molecule has 1 fully saturated rings. The lowest BCUT2D eigenvalue weighted by atomic mass is 9.97. The average molecular weight is 162 g/mol. The summed E-state index contributed by atoms with van der Waals surface area (Å²) in [7, 11) is 0. The molecule has 1 saturated heterocycles. The van der Waals surface area contributed by atoms with Crippen LogP contribution in [-0.2, 0) is 4.74 Å². The molecule has 0 spiro atoms. The van der Waals surface area contributed by atoms with E-state index in [4.69, 9.17) is 4.74 Å². The first-order chi connectivity index (χ1) is 5.86. The van der Waals surface area contributed by atoms with Crippen molar-refractivity contribution in [2.75, 3.05) is 13.2 Å².